The van der Waals surface area contributed by atoms with Gasteiger partial charge in [-0.3, -0.25) is 4.79 Å². The molecule has 0 spiro atoms. The zero-order valence-electron chi connectivity index (χ0n) is 12.7. The molecule has 1 aliphatic heterocycles. The Morgan fingerprint density at radius 1 is 1.48 bits per heavy atom. The molecule has 1 saturated heterocycles. The van der Waals surface area contributed by atoms with Crippen molar-refractivity contribution < 1.29 is 24.2 Å². The number of aromatic hydroxyl groups is 1. The molecule has 1 heterocycles. The first-order valence-electron chi connectivity index (χ1n) is 6.88. The normalized spacial score (nSPS) is 20.5. The molecule has 1 aliphatic rings. The van der Waals surface area contributed by atoms with Crippen molar-refractivity contribution in [2.45, 2.75) is 13.0 Å². The molecule has 2 rings (SSSR count). The summed E-state index contributed by atoms with van der Waals surface area (Å²) in [5.74, 6) is -0.998. The lowest BCUT2D eigenvalue weighted by Crippen LogP contribution is -2.51. The number of halogens is 1. The Morgan fingerprint density at radius 2 is 2.17 bits per heavy atom. The fourth-order valence-corrected chi connectivity index (χ4v) is 3.03. The van der Waals surface area contributed by atoms with E-state index in [0.29, 0.717) is 15.7 Å². The van der Waals surface area contributed by atoms with Gasteiger partial charge in [0.05, 0.1) is 23.3 Å². The van der Waals surface area contributed by atoms with Crippen LogP contribution < -0.4 is 15.4 Å². The number of esters is 1. The van der Waals surface area contributed by atoms with Crippen molar-refractivity contribution in [3.8, 4) is 11.5 Å². The van der Waals surface area contributed by atoms with Crippen molar-refractivity contribution in [2.75, 3.05) is 13.7 Å². The number of benzene rings is 1. The zero-order valence-corrected chi connectivity index (χ0v) is 14.8. The number of carbonyl (C=O) groups is 2. The van der Waals surface area contributed by atoms with E-state index in [1.165, 1.54) is 7.11 Å². The summed E-state index contributed by atoms with van der Waals surface area (Å²) in [5, 5.41) is 15.2. The SMILES string of the molecule is C=C1NC(=O)N[C@H](c2cc(I)c(O)c(OCC)c2)[C@@H]1C(=O)OC. The molecule has 0 aliphatic carbocycles. The average Bonchev–Trinajstić information content (AvgIpc) is 2.50. The van der Waals surface area contributed by atoms with Crippen LogP contribution in [0.3, 0.4) is 0 Å². The van der Waals surface area contributed by atoms with Gasteiger partial charge < -0.3 is 25.2 Å². The van der Waals surface area contributed by atoms with Gasteiger partial charge in [-0.2, -0.15) is 0 Å². The number of urea groups is 1. The summed E-state index contributed by atoms with van der Waals surface area (Å²) in [6.07, 6.45) is 0. The molecule has 0 bridgehead atoms. The number of carbonyl (C=O) groups excluding carboxylic acids is 2. The van der Waals surface area contributed by atoms with Crippen molar-refractivity contribution in [1.29, 1.82) is 0 Å². The van der Waals surface area contributed by atoms with Crippen LogP contribution in [-0.4, -0.2) is 30.8 Å². The van der Waals surface area contributed by atoms with Crippen LogP contribution in [0.2, 0.25) is 0 Å². The third kappa shape index (κ3) is 3.52. The third-order valence-corrected chi connectivity index (χ3v) is 4.26. The molecule has 2 atom stereocenters. The molecule has 3 N–H and O–H groups in total. The Labute approximate surface area is 147 Å². The summed E-state index contributed by atoms with van der Waals surface area (Å²) in [4.78, 5) is 23.8. The van der Waals surface area contributed by atoms with Crippen molar-refractivity contribution in [2.24, 2.45) is 5.92 Å². The molecule has 0 aromatic heterocycles. The van der Waals surface area contributed by atoms with Gasteiger partial charge in [-0.25, -0.2) is 4.79 Å². The zero-order chi connectivity index (χ0) is 17.1. The molecule has 23 heavy (non-hydrogen) atoms. The number of amides is 2. The maximum atomic E-state index is 12.1. The molecule has 124 valence electrons. The van der Waals surface area contributed by atoms with Gasteiger partial charge in [-0.15, -0.1) is 0 Å². The van der Waals surface area contributed by atoms with E-state index in [4.69, 9.17) is 9.47 Å². The van der Waals surface area contributed by atoms with E-state index < -0.39 is 24.0 Å². The number of methoxy groups -OCH3 is 1. The fraction of sp³-hybridized carbons (Fsp3) is 0.333. The van der Waals surface area contributed by atoms with Gasteiger partial charge in [0, 0.05) is 5.70 Å². The third-order valence-electron chi connectivity index (χ3n) is 3.43. The Hall–Kier alpha value is -1.97. The van der Waals surface area contributed by atoms with Crippen LogP contribution in [0.15, 0.2) is 24.4 Å². The van der Waals surface area contributed by atoms with Crippen LogP contribution in [0.25, 0.3) is 0 Å². The average molecular weight is 432 g/mol. The van der Waals surface area contributed by atoms with Gasteiger partial charge in [-0.05, 0) is 47.2 Å². The van der Waals surface area contributed by atoms with E-state index in [-0.39, 0.29) is 17.2 Å². The standard InChI is InChI=1S/C15H17IN2O5/c1-4-23-10-6-8(5-9(16)13(10)19)12-11(14(20)22-3)7(2)17-15(21)18-12/h5-6,11-12,19H,2,4H2,1,3H3,(H2,17,18,21)/t11-,12-/m1/s1. The molecular formula is C15H17IN2O5. The van der Waals surface area contributed by atoms with E-state index in [0.717, 1.165) is 0 Å². The molecule has 1 aromatic carbocycles. The van der Waals surface area contributed by atoms with Crippen molar-refractivity contribution in [3.05, 3.63) is 33.5 Å². The highest BCUT2D eigenvalue weighted by Gasteiger charge is 2.39. The number of ether oxygens (including phenoxy) is 2. The Morgan fingerprint density at radius 3 is 2.78 bits per heavy atom. The predicted molar refractivity (Wildman–Crippen MR) is 91.0 cm³/mol. The number of rotatable bonds is 4. The molecule has 1 aromatic rings. The van der Waals surface area contributed by atoms with E-state index in [9.17, 15) is 14.7 Å². The lowest BCUT2D eigenvalue weighted by Gasteiger charge is -2.33. The van der Waals surface area contributed by atoms with E-state index in [1.807, 2.05) is 22.6 Å². The van der Waals surface area contributed by atoms with Crippen LogP contribution in [0.1, 0.15) is 18.5 Å². The van der Waals surface area contributed by atoms with Gasteiger partial charge in [0.15, 0.2) is 11.5 Å². The molecular weight excluding hydrogens is 415 g/mol. The summed E-state index contributed by atoms with van der Waals surface area (Å²) in [7, 11) is 1.27. The minimum atomic E-state index is -0.785. The van der Waals surface area contributed by atoms with E-state index in [2.05, 4.69) is 17.2 Å². The first-order valence-corrected chi connectivity index (χ1v) is 7.96. The summed E-state index contributed by atoms with van der Waals surface area (Å²) in [5.41, 5.74) is 0.869. The van der Waals surface area contributed by atoms with E-state index in [1.54, 1.807) is 19.1 Å². The second-order valence-corrected chi connectivity index (χ2v) is 6.05. The molecule has 7 nitrogen and oxygen atoms in total. The lowest BCUT2D eigenvalue weighted by molar-refractivity contribution is -0.145. The highest BCUT2D eigenvalue weighted by Crippen LogP contribution is 2.38. The van der Waals surface area contributed by atoms with Crippen LogP contribution in [-0.2, 0) is 9.53 Å². The topological polar surface area (TPSA) is 96.9 Å². The smallest absolute Gasteiger partial charge is 0.319 e. The van der Waals surface area contributed by atoms with Gasteiger partial charge in [0.25, 0.3) is 0 Å². The molecule has 0 radical (unpaired) electrons. The highest BCUT2D eigenvalue weighted by atomic mass is 127. The number of phenolic OH excluding ortho intramolecular Hbond substituents is 1. The number of hydrogen-bond donors (Lipinski definition) is 3. The monoisotopic (exact) mass is 432 g/mol. The second kappa shape index (κ2) is 7.07. The maximum Gasteiger partial charge on any atom is 0.319 e. The quantitative estimate of drug-likeness (QED) is 0.500. The molecule has 0 saturated carbocycles. The van der Waals surface area contributed by atoms with E-state index >= 15 is 0 Å². The van der Waals surface area contributed by atoms with Crippen LogP contribution in [0, 0.1) is 9.49 Å². The summed E-state index contributed by atoms with van der Waals surface area (Å²) in [6.45, 7) is 5.90. The first-order chi connectivity index (χ1) is 10.9. The van der Waals surface area contributed by atoms with Gasteiger partial charge in [0.1, 0.15) is 5.92 Å². The van der Waals surface area contributed by atoms with Crippen LogP contribution >= 0.6 is 22.6 Å². The second-order valence-electron chi connectivity index (χ2n) is 4.88. The van der Waals surface area contributed by atoms with Gasteiger partial charge in [0.2, 0.25) is 0 Å². The Kier molecular flexibility index (Phi) is 5.34. The Balaban J connectivity index is 2.49. The number of phenols is 1. The molecule has 8 heteroatoms. The first kappa shape index (κ1) is 17.4. The summed E-state index contributed by atoms with van der Waals surface area (Å²) >= 11 is 1.96. The summed E-state index contributed by atoms with van der Waals surface area (Å²) < 4.78 is 10.8. The predicted octanol–water partition coefficient (Wildman–Crippen LogP) is 2.05. The molecule has 0 unspecified atom stereocenters. The number of nitrogens with one attached hydrogen (secondary N) is 2. The minimum Gasteiger partial charge on any atom is -0.504 e. The lowest BCUT2D eigenvalue weighted by atomic mass is 9.89. The molecule has 1 fully saturated rings. The van der Waals surface area contributed by atoms with Crippen molar-refractivity contribution in [3.63, 3.8) is 0 Å². The largest absolute Gasteiger partial charge is 0.504 e. The van der Waals surface area contributed by atoms with Gasteiger partial charge in [-0.1, -0.05) is 6.58 Å². The van der Waals surface area contributed by atoms with Crippen LogP contribution in [0.5, 0.6) is 11.5 Å². The highest BCUT2D eigenvalue weighted by molar-refractivity contribution is 14.1. The van der Waals surface area contributed by atoms with Crippen molar-refractivity contribution in [1.82, 2.24) is 10.6 Å². The number of hydrogen-bond acceptors (Lipinski definition) is 5. The van der Waals surface area contributed by atoms with Crippen LogP contribution in [0.4, 0.5) is 4.79 Å². The molecule has 2 amide bonds. The van der Waals surface area contributed by atoms with Crippen molar-refractivity contribution >= 4 is 34.6 Å². The fourth-order valence-electron chi connectivity index (χ4n) is 2.41. The minimum absolute atomic E-state index is 0.0184. The summed E-state index contributed by atoms with van der Waals surface area (Å²) in [6, 6.07) is 2.15. The Bertz CT molecular complexity index is 662. The maximum absolute atomic E-state index is 12.1. The van der Waals surface area contributed by atoms with Gasteiger partial charge >= 0.3 is 12.0 Å².